The second-order valence-corrected chi connectivity index (χ2v) is 6.24. The van der Waals surface area contributed by atoms with E-state index in [1.165, 1.54) is 16.7 Å². The van der Waals surface area contributed by atoms with Gasteiger partial charge in [0.25, 0.3) is 0 Å². The highest BCUT2D eigenvalue weighted by molar-refractivity contribution is 5.47. The van der Waals surface area contributed by atoms with Crippen LogP contribution in [0.4, 0.5) is 0 Å². The van der Waals surface area contributed by atoms with Gasteiger partial charge in [-0.1, -0.05) is 30.3 Å². The SMILES string of the molecule is Cc1nc(Cc2ccccc2)c2c(c1OCCN(C)C)COC2. The van der Waals surface area contributed by atoms with Crippen LogP contribution in [0.3, 0.4) is 0 Å². The summed E-state index contributed by atoms with van der Waals surface area (Å²) in [6.07, 6.45) is 0.839. The molecule has 1 aromatic carbocycles. The van der Waals surface area contributed by atoms with Crippen LogP contribution in [0, 0.1) is 6.92 Å². The first-order valence-corrected chi connectivity index (χ1v) is 8.05. The van der Waals surface area contributed by atoms with Crippen LogP contribution in [-0.2, 0) is 24.4 Å². The molecular weight excluding hydrogens is 288 g/mol. The van der Waals surface area contributed by atoms with E-state index in [4.69, 9.17) is 14.5 Å². The predicted molar refractivity (Wildman–Crippen MR) is 90.8 cm³/mol. The first-order valence-electron chi connectivity index (χ1n) is 8.05. The van der Waals surface area contributed by atoms with E-state index in [0.717, 1.165) is 30.1 Å². The minimum atomic E-state index is 0.623. The van der Waals surface area contributed by atoms with Crippen molar-refractivity contribution >= 4 is 0 Å². The second kappa shape index (κ2) is 7.11. The van der Waals surface area contributed by atoms with Crippen molar-refractivity contribution in [3.8, 4) is 5.75 Å². The molecule has 0 bridgehead atoms. The first-order chi connectivity index (χ1) is 11.1. The van der Waals surface area contributed by atoms with E-state index in [1.54, 1.807) is 0 Å². The maximum absolute atomic E-state index is 6.01. The molecule has 122 valence electrons. The molecule has 2 heterocycles. The summed E-state index contributed by atoms with van der Waals surface area (Å²) in [6, 6.07) is 10.5. The van der Waals surface area contributed by atoms with Crippen LogP contribution in [0.1, 0.15) is 28.1 Å². The van der Waals surface area contributed by atoms with Gasteiger partial charge in [-0.15, -0.1) is 0 Å². The summed E-state index contributed by atoms with van der Waals surface area (Å²) in [5.41, 5.74) is 5.73. The zero-order chi connectivity index (χ0) is 16.2. The van der Waals surface area contributed by atoms with Gasteiger partial charge >= 0.3 is 0 Å². The molecule has 0 radical (unpaired) electrons. The van der Waals surface area contributed by atoms with Crippen LogP contribution in [-0.4, -0.2) is 37.1 Å². The third-order valence-corrected chi connectivity index (χ3v) is 4.11. The van der Waals surface area contributed by atoms with Crippen LogP contribution in [0.25, 0.3) is 0 Å². The molecule has 4 heteroatoms. The number of pyridine rings is 1. The average Bonchev–Trinajstić information content (AvgIpc) is 3.01. The quantitative estimate of drug-likeness (QED) is 0.821. The molecule has 0 fully saturated rings. The molecule has 0 spiro atoms. The fraction of sp³-hybridized carbons (Fsp3) is 0.421. The van der Waals surface area contributed by atoms with E-state index in [1.807, 2.05) is 27.1 Å². The lowest BCUT2D eigenvalue weighted by Crippen LogP contribution is -2.20. The molecule has 1 aliphatic heterocycles. The van der Waals surface area contributed by atoms with Crippen molar-refractivity contribution in [2.75, 3.05) is 27.2 Å². The lowest BCUT2D eigenvalue weighted by atomic mass is 10.0. The average molecular weight is 312 g/mol. The molecule has 0 atom stereocenters. The lowest BCUT2D eigenvalue weighted by molar-refractivity contribution is 0.132. The molecule has 1 aliphatic rings. The smallest absolute Gasteiger partial charge is 0.146 e. The van der Waals surface area contributed by atoms with Gasteiger partial charge in [0.2, 0.25) is 0 Å². The molecule has 0 saturated heterocycles. The monoisotopic (exact) mass is 312 g/mol. The minimum absolute atomic E-state index is 0.623. The summed E-state index contributed by atoms with van der Waals surface area (Å²) >= 11 is 0. The lowest BCUT2D eigenvalue weighted by Gasteiger charge is -2.17. The topological polar surface area (TPSA) is 34.6 Å². The number of rotatable bonds is 6. The Labute approximate surface area is 138 Å². The van der Waals surface area contributed by atoms with Crippen molar-refractivity contribution in [1.29, 1.82) is 0 Å². The number of likely N-dealkylation sites (N-methyl/N-ethyl adjacent to an activating group) is 1. The zero-order valence-corrected chi connectivity index (χ0v) is 14.1. The summed E-state index contributed by atoms with van der Waals surface area (Å²) in [6.45, 7) is 4.84. The number of fused-ring (bicyclic) bond motifs is 1. The van der Waals surface area contributed by atoms with Gasteiger partial charge in [-0.05, 0) is 26.6 Å². The molecule has 0 aliphatic carbocycles. The van der Waals surface area contributed by atoms with E-state index < -0.39 is 0 Å². The number of benzene rings is 1. The minimum Gasteiger partial charge on any atom is -0.490 e. The Bertz CT molecular complexity index is 669. The number of ether oxygens (including phenoxy) is 2. The van der Waals surface area contributed by atoms with E-state index in [-0.39, 0.29) is 0 Å². The van der Waals surface area contributed by atoms with Crippen molar-refractivity contribution in [2.45, 2.75) is 26.6 Å². The Morgan fingerprint density at radius 2 is 1.87 bits per heavy atom. The van der Waals surface area contributed by atoms with Gasteiger partial charge in [-0.3, -0.25) is 4.98 Å². The van der Waals surface area contributed by atoms with E-state index in [9.17, 15) is 0 Å². The Morgan fingerprint density at radius 1 is 1.13 bits per heavy atom. The van der Waals surface area contributed by atoms with Crippen LogP contribution < -0.4 is 4.74 Å². The predicted octanol–water partition coefficient (Wildman–Crippen LogP) is 2.95. The molecule has 0 saturated carbocycles. The Hall–Kier alpha value is -1.91. The van der Waals surface area contributed by atoms with Gasteiger partial charge < -0.3 is 14.4 Å². The summed E-state index contributed by atoms with van der Waals surface area (Å²) in [7, 11) is 4.09. The molecule has 4 nitrogen and oxygen atoms in total. The summed E-state index contributed by atoms with van der Waals surface area (Å²) < 4.78 is 11.7. The van der Waals surface area contributed by atoms with Crippen molar-refractivity contribution < 1.29 is 9.47 Å². The van der Waals surface area contributed by atoms with E-state index >= 15 is 0 Å². The molecule has 0 unspecified atom stereocenters. The number of nitrogens with zero attached hydrogens (tertiary/aromatic N) is 2. The molecule has 23 heavy (non-hydrogen) atoms. The molecule has 0 N–H and O–H groups in total. The highest BCUT2D eigenvalue weighted by Crippen LogP contribution is 2.34. The zero-order valence-electron chi connectivity index (χ0n) is 14.1. The fourth-order valence-corrected chi connectivity index (χ4v) is 2.89. The molecule has 0 amide bonds. The molecular formula is C19H24N2O2. The normalized spacial score (nSPS) is 13.4. The highest BCUT2D eigenvalue weighted by Gasteiger charge is 2.23. The van der Waals surface area contributed by atoms with Crippen molar-refractivity contribution in [1.82, 2.24) is 9.88 Å². The van der Waals surface area contributed by atoms with Crippen molar-refractivity contribution in [2.24, 2.45) is 0 Å². The largest absolute Gasteiger partial charge is 0.490 e. The van der Waals surface area contributed by atoms with Gasteiger partial charge in [-0.2, -0.15) is 0 Å². The highest BCUT2D eigenvalue weighted by atomic mass is 16.5. The van der Waals surface area contributed by atoms with Gasteiger partial charge in [0, 0.05) is 24.1 Å². The van der Waals surface area contributed by atoms with Crippen molar-refractivity contribution in [3.63, 3.8) is 0 Å². The Morgan fingerprint density at radius 3 is 2.61 bits per heavy atom. The van der Waals surface area contributed by atoms with E-state index in [2.05, 4.69) is 29.2 Å². The Kier molecular flexibility index (Phi) is 4.94. The molecule has 1 aromatic heterocycles. The van der Waals surface area contributed by atoms with Crippen LogP contribution in [0.15, 0.2) is 30.3 Å². The standard InChI is InChI=1S/C19H24N2O2/c1-14-19(23-10-9-21(2)3)17-13-22-12-16(17)18(20-14)11-15-7-5-4-6-8-15/h4-8H,9-13H2,1-3H3. The summed E-state index contributed by atoms with van der Waals surface area (Å²) in [4.78, 5) is 6.93. The maximum atomic E-state index is 6.01. The molecule has 3 rings (SSSR count). The Balaban J connectivity index is 1.86. The van der Waals surface area contributed by atoms with Crippen LogP contribution in [0.2, 0.25) is 0 Å². The number of aromatic nitrogens is 1. The number of hydrogen-bond donors (Lipinski definition) is 0. The maximum Gasteiger partial charge on any atom is 0.146 e. The second-order valence-electron chi connectivity index (χ2n) is 6.24. The van der Waals surface area contributed by atoms with Gasteiger partial charge in [0.1, 0.15) is 12.4 Å². The van der Waals surface area contributed by atoms with Gasteiger partial charge in [-0.25, -0.2) is 0 Å². The fourth-order valence-electron chi connectivity index (χ4n) is 2.89. The number of aryl methyl sites for hydroxylation is 1. The molecule has 2 aromatic rings. The van der Waals surface area contributed by atoms with Crippen LogP contribution >= 0.6 is 0 Å². The number of hydrogen-bond acceptors (Lipinski definition) is 4. The first kappa shape index (κ1) is 16.0. The third-order valence-electron chi connectivity index (χ3n) is 4.11. The van der Waals surface area contributed by atoms with Gasteiger partial charge in [0.15, 0.2) is 0 Å². The van der Waals surface area contributed by atoms with Crippen molar-refractivity contribution in [3.05, 3.63) is 58.4 Å². The third kappa shape index (κ3) is 3.71. The van der Waals surface area contributed by atoms with Gasteiger partial charge in [0.05, 0.1) is 24.6 Å². The van der Waals surface area contributed by atoms with Crippen LogP contribution in [0.5, 0.6) is 5.75 Å². The van der Waals surface area contributed by atoms with E-state index in [0.29, 0.717) is 19.8 Å². The summed E-state index contributed by atoms with van der Waals surface area (Å²) in [5, 5.41) is 0. The summed E-state index contributed by atoms with van der Waals surface area (Å²) in [5.74, 6) is 0.913.